The van der Waals surface area contributed by atoms with Crippen LogP contribution in [0.5, 0.6) is 5.75 Å². The van der Waals surface area contributed by atoms with Crippen LogP contribution in [0.15, 0.2) is 42.5 Å². The molecule has 3 rings (SSSR count). The lowest BCUT2D eigenvalue weighted by atomic mass is 9.98. The zero-order chi connectivity index (χ0) is 20.8. The van der Waals surface area contributed by atoms with E-state index in [1.807, 2.05) is 18.2 Å². The average Bonchev–Trinajstić information content (AvgIpc) is 3.15. The summed E-state index contributed by atoms with van der Waals surface area (Å²) < 4.78 is 5.94. The van der Waals surface area contributed by atoms with E-state index in [0.717, 1.165) is 17.7 Å². The molecule has 3 aromatic rings. The topological polar surface area (TPSA) is 76.1 Å². The lowest BCUT2D eigenvalue weighted by Crippen LogP contribution is -2.19. The van der Waals surface area contributed by atoms with Gasteiger partial charge in [-0.25, -0.2) is 4.79 Å². The summed E-state index contributed by atoms with van der Waals surface area (Å²) in [4.78, 5) is 12.2. The van der Waals surface area contributed by atoms with Crippen molar-refractivity contribution in [3.63, 3.8) is 0 Å². The number of ether oxygens (including phenoxy) is 1. The molecule has 0 unspecified atom stereocenters. The largest absolute Gasteiger partial charge is 0.486 e. The van der Waals surface area contributed by atoms with Gasteiger partial charge in [-0.2, -0.15) is 0 Å². The molecule has 1 atom stereocenters. The Morgan fingerprint density at radius 2 is 1.97 bits per heavy atom. The molecule has 1 aromatic heterocycles. The average molecular weight is 451 g/mol. The highest BCUT2D eigenvalue weighted by atomic mass is 35.5. The first-order valence-electron chi connectivity index (χ1n) is 9.03. The highest BCUT2D eigenvalue weighted by Crippen LogP contribution is 2.29. The van der Waals surface area contributed by atoms with E-state index in [4.69, 9.17) is 27.9 Å². The number of carbonyl (C=O) groups excluding carboxylic acids is 1. The first kappa shape index (κ1) is 21.4. The van der Waals surface area contributed by atoms with Crippen LogP contribution in [0.1, 0.15) is 36.8 Å². The second kappa shape index (κ2) is 9.91. The minimum atomic E-state index is -0.472. The maximum Gasteiger partial charge on any atom is 0.325 e. The fourth-order valence-corrected chi connectivity index (χ4v) is 3.69. The molecule has 0 saturated carbocycles. The summed E-state index contributed by atoms with van der Waals surface area (Å²) in [6.07, 6.45) is 1.03. The summed E-state index contributed by atoms with van der Waals surface area (Å²) in [6, 6.07) is 12.3. The minimum Gasteiger partial charge on any atom is -0.486 e. The quantitative estimate of drug-likeness (QED) is 0.425. The second-order valence-electron chi connectivity index (χ2n) is 6.34. The maximum absolute atomic E-state index is 12.2. The molecule has 2 amide bonds. The van der Waals surface area contributed by atoms with Gasteiger partial charge in [0.2, 0.25) is 5.13 Å². The molecule has 6 nitrogen and oxygen atoms in total. The summed E-state index contributed by atoms with van der Waals surface area (Å²) in [5.74, 6) is 1.24. The van der Waals surface area contributed by atoms with E-state index in [0.29, 0.717) is 31.8 Å². The number of hydrogen-bond donors (Lipinski definition) is 2. The lowest BCUT2D eigenvalue weighted by molar-refractivity contribution is 0.262. The molecule has 0 spiro atoms. The van der Waals surface area contributed by atoms with E-state index < -0.39 is 6.03 Å². The third-order valence-electron chi connectivity index (χ3n) is 4.28. The Morgan fingerprint density at radius 1 is 1.17 bits per heavy atom. The zero-order valence-electron chi connectivity index (χ0n) is 15.9. The minimum absolute atomic E-state index is 0.275. The van der Waals surface area contributed by atoms with Crippen molar-refractivity contribution in [1.29, 1.82) is 0 Å². The number of nitrogens with zero attached hydrogens (tertiary/aromatic N) is 2. The fourth-order valence-electron chi connectivity index (χ4n) is 2.58. The van der Waals surface area contributed by atoms with Gasteiger partial charge in [0.15, 0.2) is 5.01 Å². The fraction of sp³-hybridized carbons (Fsp3) is 0.250. The van der Waals surface area contributed by atoms with Crippen LogP contribution in [0.3, 0.4) is 0 Å². The molecule has 1 heterocycles. The van der Waals surface area contributed by atoms with Gasteiger partial charge in [-0.15, -0.1) is 10.2 Å². The molecule has 9 heteroatoms. The number of para-hydroxylation sites is 1. The Morgan fingerprint density at radius 3 is 2.72 bits per heavy atom. The van der Waals surface area contributed by atoms with Crippen LogP contribution in [0.4, 0.5) is 15.6 Å². The van der Waals surface area contributed by atoms with Gasteiger partial charge in [0.25, 0.3) is 0 Å². The molecule has 0 aliphatic rings. The first-order chi connectivity index (χ1) is 14.0. The number of nitrogens with one attached hydrogen (secondary N) is 2. The van der Waals surface area contributed by atoms with Gasteiger partial charge in [0.05, 0.1) is 10.7 Å². The van der Waals surface area contributed by atoms with E-state index in [1.165, 1.54) is 11.3 Å². The third-order valence-corrected chi connectivity index (χ3v) is 5.64. The molecular weight excluding hydrogens is 431 g/mol. The summed E-state index contributed by atoms with van der Waals surface area (Å²) in [5.41, 5.74) is 1.61. The number of hydrogen-bond acceptors (Lipinski definition) is 5. The molecular formula is C20H20Cl2N4O2S. The molecule has 0 aliphatic heterocycles. The molecule has 0 fully saturated rings. The van der Waals surface area contributed by atoms with E-state index >= 15 is 0 Å². The van der Waals surface area contributed by atoms with Crippen molar-refractivity contribution in [3.05, 3.63) is 63.1 Å². The van der Waals surface area contributed by atoms with Crippen LogP contribution in [0, 0.1) is 0 Å². The van der Waals surface area contributed by atoms with E-state index in [2.05, 4.69) is 40.7 Å². The summed E-state index contributed by atoms with van der Waals surface area (Å²) in [7, 11) is 0. The van der Waals surface area contributed by atoms with Crippen LogP contribution in [0.2, 0.25) is 10.0 Å². The standard InChI is InChI=1S/C20H20Cl2N4O2S/c1-3-12(2)14-6-4-5-7-17(14)28-11-18-25-26-20(29-18)24-19(27)23-16-9-8-13(21)10-15(16)22/h4-10,12H,3,11H2,1-2H3,(H2,23,24,26,27)/t12-/m0/s1. The smallest absolute Gasteiger partial charge is 0.325 e. The van der Waals surface area contributed by atoms with Crippen LogP contribution in [-0.2, 0) is 6.61 Å². The molecule has 0 radical (unpaired) electrons. The van der Waals surface area contributed by atoms with Gasteiger partial charge >= 0.3 is 6.03 Å². The number of anilines is 2. The van der Waals surface area contributed by atoms with Gasteiger partial charge in [-0.05, 0) is 42.2 Å². The van der Waals surface area contributed by atoms with Crippen molar-refractivity contribution in [1.82, 2.24) is 10.2 Å². The van der Waals surface area contributed by atoms with Crippen LogP contribution >= 0.6 is 34.5 Å². The van der Waals surface area contributed by atoms with Gasteiger partial charge in [-0.1, -0.05) is 66.6 Å². The molecule has 2 N–H and O–H groups in total. The highest BCUT2D eigenvalue weighted by molar-refractivity contribution is 7.15. The van der Waals surface area contributed by atoms with Crippen molar-refractivity contribution in [2.45, 2.75) is 32.8 Å². The first-order valence-corrected chi connectivity index (χ1v) is 10.6. The van der Waals surface area contributed by atoms with Gasteiger partial charge in [0.1, 0.15) is 12.4 Å². The van der Waals surface area contributed by atoms with Crippen LogP contribution in [0.25, 0.3) is 0 Å². The number of urea groups is 1. The van der Waals surface area contributed by atoms with Crippen LogP contribution in [-0.4, -0.2) is 16.2 Å². The number of rotatable bonds is 7. The summed E-state index contributed by atoms with van der Waals surface area (Å²) in [5, 5.41) is 15.2. The number of aromatic nitrogens is 2. The Hall–Kier alpha value is -2.35. The Balaban J connectivity index is 1.58. The van der Waals surface area contributed by atoms with Gasteiger partial charge < -0.3 is 10.1 Å². The van der Waals surface area contributed by atoms with Crippen molar-refractivity contribution >= 4 is 51.4 Å². The Kier molecular flexibility index (Phi) is 7.30. The zero-order valence-corrected chi connectivity index (χ0v) is 18.2. The Labute approximate surface area is 183 Å². The molecule has 0 aliphatic carbocycles. The second-order valence-corrected chi connectivity index (χ2v) is 8.25. The van der Waals surface area contributed by atoms with E-state index in [9.17, 15) is 4.79 Å². The van der Waals surface area contributed by atoms with Crippen molar-refractivity contribution in [2.75, 3.05) is 10.6 Å². The van der Waals surface area contributed by atoms with Crippen LogP contribution < -0.4 is 15.4 Å². The number of carbonyl (C=O) groups is 1. The molecule has 0 bridgehead atoms. The van der Waals surface area contributed by atoms with Gasteiger partial charge in [-0.3, -0.25) is 5.32 Å². The lowest BCUT2D eigenvalue weighted by Gasteiger charge is -2.14. The normalized spacial score (nSPS) is 11.7. The van der Waals surface area contributed by atoms with E-state index in [-0.39, 0.29) is 6.61 Å². The van der Waals surface area contributed by atoms with Gasteiger partial charge in [0, 0.05) is 5.02 Å². The maximum atomic E-state index is 12.2. The highest BCUT2D eigenvalue weighted by Gasteiger charge is 2.13. The molecule has 29 heavy (non-hydrogen) atoms. The number of amides is 2. The number of halogens is 2. The van der Waals surface area contributed by atoms with Crippen molar-refractivity contribution in [2.24, 2.45) is 0 Å². The monoisotopic (exact) mass is 450 g/mol. The Bertz CT molecular complexity index is 996. The van der Waals surface area contributed by atoms with Crippen molar-refractivity contribution < 1.29 is 9.53 Å². The third kappa shape index (κ3) is 5.82. The summed E-state index contributed by atoms with van der Waals surface area (Å²) in [6.45, 7) is 4.59. The molecule has 152 valence electrons. The molecule has 2 aromatic carbocycles. The van der Waals surface area contributed by atoms with E-state index in [1.54, 1.807) is 18.2 Å². The SMILES string of the molecule is CC[C@H](C)c1ccccc1OCc1nnc(NC(=O)Nc2ccc(Cl)cc2Cl)s1. The summed E-state index contributed by atoms with van der Waals surface area (Å²) >= 11 is 13.2. The molecule has 0 saturated heterocycles. The predicted octanol–water partition coefficient (Wildman–Crippen LogP) is 6.58. The van der Waals surface area contributed by atoms with Crippen molar-refractivity contribution in [3.8, 4) is 5.75 Å². The number of benzene rings is 2. The predicted molar refractivity (Wildman–Crippen MR) is 118 cm³/mol.